The molecule has 0 aromatic heterocycles. The molecule has 0 atom stereocenters. The van der Waals surface area contributed by atoms with Crippen LogP contribution in [0.4, 0.5) is 21.5 Å². The first-order valence-electron chi connectivity index (χ1n) is 8.00. The van der Waals surface area contributed by atoms with Crippen LogP contribution >= 0.6 is 0 Å². The van der Waals surface area contributed by atoms with E-state index in [0.29, 0.717) is 37.6 Å². The van der Waals surface area contributed by atoms with E-state index in [-0.39, 0.29) is 22.0 Å². The number of hydrogen-bond donors (Lipinski definition) is 3. The fraction of sp³-hybridized carbons (Fsp3) is 0.235. The van der Waals surface area contributed by atoms with E-state index in [9.17, 15) is 19.3 Å². The number of hydroxylamine groups is 1. The molecule has 26 heavy (non-hydrogen) atoms. The van der Waals surface area contributed by atoms with Gasteiger partial charge in [-0.2, -0.15) is 0 Å². The van der Waals surface area contributed by atoms with E-state index in [1.807, 2.05) is 9.80 Å². The van der Waals surface area contributed by atoms with Gasteiger partial charge in [-0.25, -0.2) is 15.1 Å². The summed E-state index contributed by atoms with van der Waals surface area (Å²) in [5, 5.41) is 18.1. The number of anilines is 2. The van der Waals surface area contributed by atoms with Crippen LogP contribution in [0.3, 0.4) is 0 Å². The van der Waals surface area contributed by atoms with Crippen LogP contribution in [0.5, 0.6) is 0 Å². The maximum Gasteiger partial charge on any atom is 0.340 e. The van der Waals surface area contributed by atoms with Crippen LogP contribution in [0.25, 0.3) is 0 Å². The first kappa shape index (κ1) is 17.6. The number of rotatable bonds is 4. The van der Waals surface area contributed by atoms with E-state index in [1.54, 1.807) is 18.2 Å². The lowest BCUT2D eigenvalue weighted by Gasteiger charge is -2.37. The highest BCUT2D eigenvalue weighted by molar-refractivity contribution is 5.95. The molecule has 8 nitrogen and oxygen atoms in total. The van der Waals surface area contributed by atoms with Gasteiger partial charge in [-0.1, -0.05) is 12.1 Å². The number of piperazine rings is 1. The molecular weight excluding hydrogens is 343 g/mol. The minimum absolute atomic E-state index is 0.0335. The van der Waals surface area contributed by atoms with Gasteiger partial charge in [0.2, 0.25) is 0 Å². The molecule has 9 heteroatoms. The van der Waals surface area contributed by atoms with Gasteiger partial charge in [0.1, 0.15) is 11.5 Å². The van der Waals surface area contributed by atoms with Crippen LogP contribution < -0.4 is 15.3 Å². The predicted octanol–water partition coefficient (Wildman–Crippen LogP) is 2.07. The maximum absolute atomic E-state index is 13.9. The molecule has 0 unspecified atom stereocenters. The van der Waals surface area contributed by atoms with E-state index >= 15 is 0 Å². The Hall–Kier alpha value is -3.20. The van der Waals surface area contributed by atoms with E-state index in [2.05, 4.69) is 0 Å². The van der Waals surface area contributed by atoms with Crippen molar-refractivity contribution in [1.82, 2.24) is 5.48 Å². The summed E-state index contributed by atoms with van der Waals surface area (Å²) in [6, 6.07) is 10.7. The zero-order valence-electron chi connectivity index (χ0n) is 13.8. The Labute approximate surface area is 148 Å². The van der Waals surface area contributed by atoms with Gasteiger partial charge in [-0.15, -0.1) is 0 Å². The molecule has 1 heterocycles. The summed E-state index contributed by atoms with van der Waals surface area (Å²) in [7, 11) is 0. The average Bonchev–Trinajstić information content (AvgIpc) is 2.67. The first-order chi connectivity index (χ1) is 12.5. The number of carbonyl (C=O) groups is 1. The van der Waals surface area contributed by atoms with Crippen LogP contribution in [0.2, 0.25) is 0 Å². The number of nitrogens with one attached hydrogen (secondary N) is 1. The number of nitrogens with zero attached hydrogens (tertiary/aromatic N) is 3. The van der Waals surface area contributed by atoms with Crippen LogP contribution in [0.15, 0.2) is 42.5 Å². The number of amides is 1. The van der Waals surface area contributed by atoms with E-state index < -0.39 is 5.91 Å². The van der Waals surface area contributed by atoms with Crippen molar-refractivity contribution in [2.75, 3.05) is 36.0 Å². The fourth-order valence-corrected chi connectivity index (χ4v) is 3.05. The van der Waals surface area contributed by atoms with Gasteiger partial charge in [0.25, 0.3) is 10.8 Å². The molecule has 136 valence electrons. The average molecular weight is 361 g/mol. The summed E-state index contributed by atoms with van der Waals surface area (Å²) >= 11 is 0. The molecule has 0 aliphatic carbocycles. The number of carbonyl (C=O) groups excluding carboxylic acids is 1. The molecule has 1 saturated heterocycles. The number of para-hydroxylation sites is 1. The summed E-state index contributed by atoms with van der Waals surface area (Å²) in [5.74, 6) is -1.08. The van der Waals surface area contributed by atoms with Gasteiger partial charge < -0.3 is 9.80 Å². The third-order valence-electron chi connectivity index (χ3n) is 4.36. The molecule has 3 rings (SSSR count). The summed E-state index contributed by atoms with van der Waals surface area (Å²) in [5.41, 5.74) is 2.38. The summed E-state index contributed by atoms with van der Waals surface area (Å²) in [6.45, 7) is 2.06. The predicted molar refractivity (Wildman–Crippen MR) is 91.6 cm³/mol. The number of hydrogen-bond acceptors (Lipinski definition) is 5. The van der Waals surface area contributed by atoms with E-state index in [4.69, 9.17) is 5.21 Å². The van der Waals surface area contributed by atoms with Crippen molar-refractivity contribution in [3.05, 3.63) is 58.8 Å². The minimum atomic E-state index is -0.788. The van der Waals surface area contributed by atoms with E-state index in [0.717, 1.165) is 0 Å². The second kappa shape index (κ2) is 7.36. The van der Waals surface area contributed by atoms with Crippen LogP contribution in [0.1, 0.15) is 10.4 Å². The van der Waals surface area contributed by atoms with Gasteiger partial charge in [0.05, 0.1) is 10.6 Å². The van der Waals surface area contributed by atoms with Crippen molar-refractivity contribution in [3.8, 4) is 0 Å². The second-order valence-electron chi connectivity index (χ2n) is 5.84. The normalized spacial score (nSPS) is 14.2. The van der Waals surface area contributed by atoms with Crippen molar-refractivity contribution in [2.24, 2.45) is 0 Å². The minimum Gasteiger partial charge on any atom is -0.366 e. The third-order valence-corrected chi connectivity index (χ3v) is 4.36. The lowest BCUT2D eigenvalue weighted by molar-refractivity contribution is -0.729. The van der Waals surface area contributed by atoms with Gasteiger partial charge in [0, 0.05) is 37.8 Å². The van der Waals surface area contributed by atoms with Gasteiger partial charge in [-0.05, 0) is 24.3 Å². The largest absolute Gasteiger partial charge is 0.366 e. The highest BCUT2D eigenvalue weighted by Crippen LogP contribution is 2.30. The van der Waals surface area contributed by atoms with Crippen LogP contribution in [-0.4, -0.2) is 47.4 Å². The van der Waals surface area contributed by atoms with Crippen molar-refractivity contribution in [1.29, 1.82) is 0 Å². The molecule has 1 aliphatic heterocycles. The maximum atomic E-state index is 13.9. The van der Waals surface area contributed by atoms with Crippen molar-refractivity contribution < 1.29 is 24.5 Å². The molecule has 0 saturated carbocycles. The van der Waals surface area contributed by atoms with Crippen molar-refractivity contribution in [2.45, 2.75) is 0 Å². The summed E-state index contributed by atoms with van der Waals surface area (Å²) in [4.78, 5) is 26.4. The van der Waals surface area contributed by atoms with Gasteiger partial charge in [-0.3, -0.25) is 10.0 Å². The molecule has 1 aliphatic rings. The molecular formula is C17H18FN4O4+. The monoisotopic (exact) mass is 361 g/mol. The molecule has 0 spiro atoms. The molecule has 0 bridgehead atoms. The van der Waals surface area contributed by atoms with Gasteiger partial charge in [0.15, 0.2) is 0 Å². The Bertz CT molecular complexity index is 837. The molecule has 1 fully saturated rings. The fourth-order valence-electron chi connectivity index (χ4n) is 3.05. The second-order valence-corrected chi connectivity index (χ2v) is 5.84. The Morgan fingerprint density at radius 3 is 2.23 bits per heavy atom. The zero-order chi connectivity index (χ0) is 18.7. The molecule has 3 N–H and O–H groups in total. The lowest BCUT2D eigenvalue weighted by Crippen LogP contribution is -2.47. The Kier molecular flexibility index (Phi) is 4.99. The highest BCUT2D eigenvalue weighted by atomic mass is 19.1. The van der Waals surface area contributed by atoms with Crippen LogP contribution in [-0.2, 0) is 0 Å². The first-order valence-corrected chi connectivity index (χ1v) is 8.00. The zero-order valence-corrected chi connectivity index (χ0v) is 13.8. The molecule has 0 radical (unpaired) electrons. The van der Waals surface area contributed by atoms with E-state index in [1.165, 1.54) is 29.7 Å². The number of halogens is 1. The Morgan fingerprint density at radius 2 is 1.65 bits per heavy atom. The molecule has 2 aromatic rings. The highest BCUT2D eigenvalue weighted by Gasteiger charge is 2.28. The summed E-state index contributed by atoms with van der Waals surface area (Å²) in [6.07, 6.45) is 0. The Balaban J connectivity index is 1.80. The smallest absolute Gasteiger partial charge is 0.340 e. The quantitative estimate of drug-likeness (QED) is 0.570. The number of benzene rings is 2. The molecule has 2 aromatic carbocycles. The summed E-state index contributed by atoms with van der Waals surface area (Å²) < 4.78 is 13.9. The van der Waals surface area contributed by atoms with Crippen molar-refractivity contribution >= 4 is 23.0 Å². The van der Waals surface area contributed by atoms with Crippen LogP contribution in [0, 0.1) is 10.7 Å². The standard InChI is InChI=1S/C17H17FN4O4/c18-13-3-1-2-4-14(13)20-7-9-21(10-8-20)15-6-5-12(17(23)19-24)11-16(15)22(25)26/h1-6,11H,7-10H2,(H2-,19,23,24,25,26)/p+1. The van der Waals surface area contributed by atoms with Crippen molar-refractivity contribution in [3.63, 3.8) is 0 Å². The third kappa shape index (κ3) is 3.42. The Morgan fingerprint density at radius 1 is 1.04 bits per heavy atom. The van der Waals surface area contributed by atoms with Gasteiger partial charge >= 0.3 is 5.69 Å². The molecule has 1 amide bonds. The lowest BCUT2D eigenvalue weighted by atomic mass is 10.1. The SMILES string of the molecule is O=C(NO)c1ccc(N2CCN(c3ccccc3F)CC2)c([N+](=O)O)c1. The topological polar surface area (TPSA) is 96.1 Å².